The van der Waals surface area contributed by atoms with E-state index in [2.05, 4.69) is 13.8 Å². The van der Waals surface area contributed by atoms with Crippen molar-refractivity contribution in [1.82, 2.24) is 0 Å². The van der Waals surface area contributed by atoms with Crippen LogP contribution >= 0.6 is 0 Å². The second kappa shape index (κ2) is 7.81. The van der Waals surface area contributed by atoms with Gasteiger partial charge in [-0.05, 0) is 43.9 Å². The van der Waals surface area contributed by atoms with E-state index in [1.54, 1.807) is 0 Å². The third-order valence-corrected chi connectivity index (χ3v) is 4.14. The Morgan fingerprint density at radius 1 is 1.19 bits per heavy atom. The molecule has 0 aromatic carbocycles. The molecular formula is C17H30O4. The fourth-order valence-corrected chi connectivity index (χ4v) is 2.97. The summed E-state index contributed by atoms with van der Waals surface area (Å²) in [5.41, 5.74) is -0.634. The first-order valence-corrected chi connectivity index (χ1v) is 8.12. The molecule has 122 valence electrons. The van der Waals surface area contributed by atoms with Crippen LogP contribution in [-0.2, 0) is 19.1 Å². The van der Waals surface area contributed by atoms with Crippen molar-refractivity contribution in [2.75, 3.05) is 6.61 Å². The topological polar surface area (TPSA) is 52.6 Å². The molecule has 4 nitrogen and oxygen atoms in total. The van der Waals surface area contributed by atoms with Crippen LogP contribution in [0.5, 0.6) is 0 Å². The van der Waals surface area contributed by atoms with Gasteiger partial charge in [0.05, 0.1) is 6.61 Å². The van der Waals surface area contributed by atoms with Gasteiger partial charge in [0.15, 0.2) is 0 Å². The van der Waals surface area contributed by atoms with Crippen molar-refractivity contribution in [3.05, 3.63) is 0 Å². The van der Waals surface area contributed by atoms with Crippen molar-refractivity contribution in [2.45, 2.75) is 72.8 Å². The quantitative estimate of drug-likeness (QED) is 0.672. The van der Waals surface area contributed by atoms with E-state index >= 15 is 0 Å². The first-order chi connectivity index (χ1) is 9.78. The Hall–Kier alpha value is -1.06. The Bertz CT molecular complexity index is 362. The summed E-state index contributed by atoms with van der Waals surface area (Å²) in [7, 11) is 0. The van der Waals surface area contributed by atoms with Crippen molar-refractivity contribution in [3.8, 4) is 0 Å². The molecule has 0 N–H and O–H groups in total. The third kappa shape index (κ3) is 5.01. The lowest BCUT2D eigenvalue weighted by molar-refractivity contribution is -0.171. The van der Waals surface area contributed by atoms with Gasteiger partial charge < -0.3 is 9.47 Å². The van der Waals surface area contributed by atoms with Crippen molar-refractivity contribution in [2.24, 2.45) is 17.3 Å². The van der Waals surface area contributed by atoms with Gasteiger partial charge in [-0.15, -0.1) is 0 Å². The molecule has 4 heteroatoms. The molecule has 1 rings (SSSR count). The number of rotatable bonds is 7. The van der Waals surface area contributed by atoms with Gasteiger partial charge in [-0.25, -0.2) is 0 Å². The summed E-state index contributed by atoms with van der Waals surface area (Å²) in [6, 6.07) is 0. The summed E-state index contributed by atoms with van der Waals surface area (Å²) >= 11 is 0. The van der Waals surface area contributed by atoms with Gasteiger partial charge in [0.25, 0.3) is 0 Å². The number of ether oxygens (including phenoxy) is 2. The zero-order valence-corrected chi connectivity index (χ0v) is 14.1. The van der Waals surface area contributed by atoms with Crippen LogP contribution in [0.3, 0.4) is 0 Å². The molecule has 0 aromatic rings. The molecule has 2 unspecified atom stereocenters. The standard InChI is InChI=1S/C17H30O4/c1-12(2)8-10-17(16(19)20-11-13(3)4)9-6-7-15(17)21-14(5)18/h12-13,15H,6-11H2,1-5H3. The summed E-state index contributed by atoms with van der Waals surface area (Å²) in [6.45, 7) is 10.2. The summed E-state index contributed by atoms with van der Waals surface area (Å²) < 4.78 is 11.0. The number of carbonyl (C=O) groups excluding carboxylic acids is 2. The minimum Gasteiger partial charge on any atom is -0.465 e. The van der Waals surface area contributed by atoms with Crippen LogP contribution in [0.25, 0.3) is 0 Å². The third-order valence-electron chi connectivity index (χ3n) is 4.14. The van der Waals surface area contributed by atoms with E-state index in [1.807, 2.05) is 13.8 Å². The van der Waals surface area contributed by atoms with E-state index in [9.17, 15) is 9.59 Å². The second-order valence-corrected chi connectivity index (χ2v) is 7.07. The fraction of sp³-hybridized carbons (Fsp3) is 0.882. The van der Waals surface area contributed by atoms with Crippen LogP contribution < -0.4 is 0 Å². The molecule has 2 atom stereocenters. The van der Waals surface area contributed by atoms with E-state index in [0.717, 1.165) is 32.1 Å². The molecule has 0 radical (unpaired) electrons. The maximum absolute atomic E-state index is 12.7. The largest absolute Gasteiger partial charge is 0.465 e. The lowest BCUT2D eigenvalue weighted by Gasteiger charge is -2.33. The first-order valence-electron chi connectivity index (χ1n) is 8.12. The highest BCUT2D eigenvalue weighted by Gasteiger charge is 2.51. The summed E-state index contributed by atoms with van der Waals surface area (Å²) in [6.07, 6.45) is 3.78. The van der Waals surface area contributed by atoms with E-state index in [4.69, 9.17) is 9.47 Å². The zero-order chi connectivity index (χ0) is 16.0. The summed E-state index contributed by atoms with van der Waals surface area (Å²) in [5, 5.41) is 0. The number of esters is 2. The van der Waals surface area contributed by atoms with Crippen molar-refractivity contribution in [1.29, 1.82) is 0 Å². The zero-order valence-electron chi connectivity index (χ0n) is 14.1. The Balaban J connectivity index is 2.87. The molecule has 1 aliphatic carbocycles. The van der Waals surface area contributed by atoms with Gasteiger partial charge in [-0.3, -0.25) is 9.59 Å². The van der Waals surface area contributed by atoms with Crippen molar-refractivity contribution >= 4 is 11.9 Å². The summed E-state index contributed by atoms with van der Waals surface area (Å²) in [4.78, 5) is 24.0. The summed E-state index contributed by atoms with van der Waals surface area (Å²) in [5.74, 6) is 0.330. The van der Waals surface area contributed by atoms with Gasteiger partial charge in [0.1, 0.15) is 11.5 Å². The van der Waals surface area contributed by atoms with Gasteiger partial charge in [-0.1, -0.05) is 27.7 Å². The Morgan fingerprint density at radius 2 is 1.86 bits per heavy atom. The molecule has 0 bridgehead atoms. The molecule has 0 heterocycles. The van der Waals surface area contributed by atoms with Crippen LogP contribution in [-0.4, -0.2) is 24.6 Å². The van der Waals surface area contributed by atoms with E-state index in [1.165, 1.54) is 6.92 Å². The van der Waals surface area contributed by atoms with Crippen LogP contribution in [0.15, 0.2) is 0 Å². The second-order valence-electron chi connectivity index (χ2n) is 7.07. The van der Waals surface area contributed by atoms with Crippen LogP contribution in [0.1, 0.15) is 66.7 Å². The molecule has 0 saturated heterocycles. The van der Waals surface area contributed by atoms with Gasteiger partial charge in [0.2, 0.25) is 0 Å². The molecular weight excluding hydrogens is 268 g/mol. The highest BCUT2D eigenvalue weighted by atomic mass is 16.6. The maximum Gasteiger partial charge on any atom is 0.315 e. The molecule has 1 aliphatic rings. The lowest BCUT2D eigenvalue weighted by atomic mass is 9.78. The van der Waals surface area contributed by atoms with Crippen molar-refractivity contribution < 1.29 is 19.1 Å². The van der Waals surface area contributed by atoms with E-state index in [0.29, 0.717) is 18.4 Å². The van der Waals surface area contributed by atoms with Gasteiger partial charge in [-0.2, -0.15) is 0 Å². The smallest absolute Gasteiger partial charge is 0.315 e. The fourth-order valence-electron chi connectivity index (χ4n) is 2.97. The first kappa shape index (κ1) is 18.0. The van der Waals surface area contributed by atoms with Crippen LogP contribution in [0, 0.1) is 17.3 Å². The normalized spacial score (nSPS) is 25.4. The molecule has 0 aromatic heterocycles. The monoisotopic (exact) mass is 298 g/mol. The molecule has 0 aliphatic heterocycles. The Kier molecular flexibility index (Phi) is 6.69. The van der Waals surface area contributed by atoms with Crippen molar-refractivity contribution in [3.63, 3.8) is 0 Å². The average molecular weight is 298 g/mol. The van der Waals surface area contributed by atoms with Gasteiger partial charge >= 0.3 is 11.9 Å². The number of carbonyl (C=O) groups is 2. The SMILES string of the molecule is CC(=O)OC1CCCC1(CCC(C)C)C(=O)OCC(C)C. The Labute approximate surface area is 128 Å². The number of hydrogen-bond acceptors (Lipinski definition) is 4. The minimum atomic E-state index is -0.634. The lowest BCUT2D eigenvalue weighted by Crippen LogP contribution is -2.42. The molecule has 1 saturated carbocycles. The highest BCUT2D eigenvalue weighted by Crippen LogP contribution is 2.46. The van der Waals surface area contributed by atoms with Crippen LogP contribution in [0.4, 0.5) is 0 Å². The number of hydrogen-bond donors (Lipinski definition) is 0. The molecule has 0 amide bonds. The van der Waals surface area contributed by atoms with Crippen LogP contribution in [0.2, 0.25) is 0 Å². The highest BCUT2D eigenvalue weighted by molar-refractivity contribution is 5.79. The van der Waals surface area contributed by atoms with E-state index in [-0.39, 0.29) is 18.0 Å². The molecule has 1 fully saturated rings. The Morgan fingerprint density at radius 3 is 2.38 bits per heavy atom. The predicted octanol–water partition coefficient (Wildman–Crippen LogP) is 3.72. The average Bonchev–Trinajstić information content (AvgIpc) is 2.76. The maximum atomic E-state index is 12.7. The predicted molar refractivity (Wildman–Crippen MR) is 81.7 cm³/mol. The van der Waals surface area contributed by atoms with E-state index < -0.39 is 5.41 Å². The van der Waals surface area contributed by atoms with Gasteiger partial charge in [0, 0.05) is 6.92 Å². The molecule has 0 spiro atoms. The minimum absolute atomic E-state index is 0.180. The molecule has 21 heavy (non-hydrogen) atoms.